The van der Waals surface area contributed by atoms with E-state index in [0.29, 0.717) is 38.5 Å². The van der Waals surface area contributed by atoms with Crippen LogP contribution in [0.5, 0.6) is 17.2 Å². The number of aldehydes is 1. The van der Waals surface area contributed by atoms with Crippen LogP contribution in [0.1, 0.15) is 117 Å². The molecule has 24 atom stereocenters. The molecule has 7 fully saturated rings. The lowest BCUT2D eigenvalue weighted by molar-refractivity contribution is -0.464. The molecule has 0 bridgehead atoms. The largest absolute Gasteiger partial charge is 0.502 e. The first-order valence-corrected chi connectivity index (χ1v) is 27.5. The van der Waals surface area contributed by atoms with Gasteiger partial charge in [0, 0.05) is 16.2 Å². The lowest BCUT2D eigenvalue weighted by Crippen LogP contribution is -2.69. The Morgan fingerprint density at radius 2 is 1.42 bits per heavy atom. The van der Waals surface area contributed by atoms with Gasteiger partial charge in [0.15, 0.2) is 23.9 Å². The van der Waals surface area contributed by atoms with E-state index < -0.39 is 143 Å². The van der Waals surface area contributed by atoms with Crippen molar-refractivity contribution in [3.8, 4) is 17.2 Å². The van der Waals surface area contributed by atoms with Crippen LogP contribution in [0.2, 0.25) is 0 Å². The van der Waals surface area contributed by atoms with Gasteiger partial charge in [-0.15, -0.1) is 0 Å². The van der Waals surface area contributed by atoms with E-state index in [9.17, 15) is 65.4 Å². The molecule has 22 nitrogen and oxygen atoms in total. The molecule has 78 heavy (non-hydrogen) atoms. The third kappa shape index (κ3) is 9.29. The van der Waals surface area contributed by atoms with Crippen molar-refractivity contribution < 1.29 is 108 Å². The van der Waals surface area contributed by atoms with Crippen molar-refractivity contribution >= 4 is 18.2 Å². The number of carbonyl (C=O) groups is 3. The highest BCUT2D eigenvalue weighted by Crippen LogP contribution is 2.77. The number of methoxy groups -OCH3 is 2. The van der Waals surface area contributed by atoms with Gasteiger partial charge in [0.25, 0.3) is 0 Å². The molecule has 3 saturated heterocycles. The number of aliphatic carboxylic acids is 1. The van der Waals surface area contributed by atoms with Crippen molar-refractivity contribution in [2.45, 2.75) is 198 Å². The zero-order chi connectivity index (χ0) is 57.0. The minimum Gasteiger partial charge on any atom is -0.502 e. The number of rotatable bonds is 13. The summed E-state index contributed by atoms with van der Waals surface area (Å²) >= 11 is 0. The van der Waals surface area contributed by atoms with Gasteiger partial charge in [-0.05, 0) is 117 Å². The van der Waals surface area contributed by atoms with Crippen molar-refractivity contribution in [1.29, 1.82) is 0 Å². The predicted molar refractivity (Wildman–Crippen MR) is 269 cm³/mol. The Bertz CT molecular complexity index is 2410. The molecule has 9 rings (SSSR count). The first-order chi connectivity index (χ1) is 36.6. The molecule has 0 aromatic heterocycles. The van der Waals surface area contributed by atoms with Gasteiger partial charge in [-0.2, -0.15) is 0 Å². The highest BCUT2D eigenvalue weighted by molar-refractivity contribution is 5.91. The normalized spacial score (nSPS) is 47.9. The molecule has 22 heteroatoms. The summed E-state index contributed by atoms with van der Waals surface area (Å²) in [5.41, 5.74) is -2.48. The summed E-state index contributed by atoms with van der Waals surface area (Å²) in [6.45, 7) is 13.5. The number of phenolic OH excluding ortho intramolecular Hbond substituents is 1. The van der Waals surface area contributed by atoms with Crippen molar-refractivity contribution in [2.75, 3.05) is 27.4 Å². The van der Waals surface area contributed by atoms with Crippen LogP contribution in [0.15, 0.2) is 23.8 Å². The van der Waals surface area contributed by atoms with E-state index in [1.807, 2.05) is 20.8 Å². The molecule has 3 heterocycles. The summed E-state index contributed by atoms with van der Waals surface area (Å²) in [6, 6.07) is 2.82. The lowest BCUT2D eigenvalue weighted by atomic mass is 9.32. The molecule has 1 aromatic carbocycles. The molecule has 10 N–H and O–H groups in total. The Morgan fingerprint density at radius 1 is 0.744 bits per heavy atom. The maximum Gasteiger partial charge on any atom is 0.338 e. The molecule has 438 valence electrons. The van der Waals surface area contributed by atoms with Crippen LogP contribution in [0.4, 0.5) is 0 Å². The molecule has 0 spiro atoms. The number of hydrogen-bond acceptors (Lipinski definition) is 21. The standard InChI is InChI=1S/C56H82O22/c1-25-36(60)39(63)42(66)49(73-25)76-46-37(61)30(59)22-72-50(46)78-77-44-40(64)41(65)45(47(67)68)75-43(44)28-12-15-56(24-58)33(51(28,2)3)13-14-55(7)34(56)11-10-27-29-20-52(4,23-57)21-35(53(29,5)16-17-54(27,55)6)74-48(69)26-18-31(70-8)38(62)32(19-26)71-9/h18-20,24-25,27-28,30,33-37,39-46,49-50,57,59-66H,10-17,21-23H2,1-9H3,(H,67,68)/t25-,27+,28+,30+,33-,34-,35+,36-,37-,39+,40-,41-,42+,43-,44+,45-,46+,49-,50-,52+,53+,54+,55+,56+/m0/s1. The summed E-state index contributed by atoms with van der Waals surface area (Å²) in [5.74, 6) is -3.29. The molecule has 0 amide bonds. The fourth-order valence-corrected chi connectivity index (χ4v) is 16.4. The van der Waals surface area contributed by atoms with Gasteiger partial charge in [-0.1, -0.05) is 53.2 Å². The number of esters is 1. The van der Waals surface area contributed by atoms with Crippen LogP contribution in [0.25, 0.3) is 0 Å². The molecule has 5 aliphatic carbocycles. The van der Waals surface area contributed by atoms with E-state index in [4.69, 9.17) is 42.9 Å². The van der Waals surface area contributed by atoms with Gasteiger partial charge in [0.05, 0.1) is 45.2 Å². The number of ether oxygens (including phenoxy) is 7. The summed E-state index contributed by atoms with van der Waals surface area (Å²) in [7, 11) is 2.75. The third-order valence-corrected chi connectivity index (χ3v) is 21.2. The van der Waals surface area contributed by atoms with Gasteiger partial charge in [-0.25, -0.2) is 19.4 Å². The monoisotopic (exact) mass is 1110 g/mol. The topological polar surface area (TPSA) is 337 Å². The van der Waals surface area contributed by atoms with Crippen LogP contribution in [0.3, 0.4) is 0 Å². The summed E-state index contributed by atoms with van der Waals surface area (Å²) in [4.78, 5) is 52.8. The van der Waals surface area contributed by atoms with Crippen molar-refractivity contribution in [3.05, 3.63) is 29.3 Å². The minimum atomic E-state index is -2.01. The van der Waals surface area contributed by atoms with Crippen LogP contribution in [-0.4, -0.2) is 189 Å². The fourth-order valence-electron chi connectivity index (χ4n) is 16.4. The predicted octanol–water partition coefficient (Wildman–Crippen LogP) is 2.32. The van der Waals surface area contributed by atoms with Gasteiger partial charge in [0.1, 0.15) is 67.3 Å². The first kappa shape index (κ1) is 59.0. The fraction of sp³-hybridized carbons (Fsp3) is 0.804. The average molecular weight is 1110 g/mol. The number of aliphatic hydroxyl groups excluding tert-OH is 8. The van der Waals surface area contributed by atoms with Crippen LogP contribution in [0, 0.1) is 56.2 Å². The molecular formula is C56H82O22. The zero-order valence-electron chi connectivity index (χ0n) is 45.9. The molecular weight excluding hydrogens is 1020 g/mol. The molecule has 8 aliphatic rings. The van der Waals surface area contributed by atoms with Gasteiger partial charge in [-0.3, -0.25) is 0 Å². The van der Waals surface area contributed by atoms with Crippen molar-refractivity contribution in [2.24, 2.45) is 56.2 Å². The second kappa shape index (κ2) is 21.3. The van der Waals surface area contributed by atoms with Crippen LogP contribution >= 0.6 is 0 Å². The number of carboxylic acid groups (broad SMARTS) is 1. The minimum absolute atomic E-state index is 0.00332. The lowest BCUT2D eigenvalue weighted by Gasteiger charge is -2.72. The second-order valence-corrected chi connectivity index (χ2v) is 25.5. The number of hydrogen-bond donors (Lipinski definition) is 10. The maximum absolute atomic E-state index is 14.3. The molecule has 1 aromatic rings. The quantitative estimate of drug-likeness (QED) is 0.0445. The molecule has 3 aliphatic heterocycles. The SMILES string of the molecule is COc1cc(C(=O)O[C@@H]2C[C@](C)(CO)C=C3[C@H]4CC[C@@H]5[C@@]6(C=O)CC[C@H]([C@@H]7O[C@H](C(=O)O)[C@@H](O)[C@H](O)[C@H]7OO[C@@H]7OC[C@@H](O)[C@H](O)[C@H]7O[C@@H]7O[C@@H](C)[C@H](O)[C@@H](O)[C@H]7O)C(C)(C)[C@@H]6CC[C@@]5(C)[C@]4(C)CC[C@]32C)cc(OC)c1O. The smallest absolute Gasteiger partial charge is 0.338 e. The zero-order valence-corrected chi connectivity index (χ0v) is 45.9. The van der Waals surface area contributed by atoms with E-state index in [-0.39, 0.29) is 52.6 Å². The number of carbonyl (C=O) groups excluding carboxylic acids is 2. The van der Waals surface area contributed by atoms with Crippen molar-refractivity contribution in [1.82, 2.24) is 0 Å². The first-order valence-electron chi connectivity index (χ1n) is 27.5. The number of aliphatic hydroxyl groups is 8. The number of benzene rings is 1. The Morgan fingerprint density at radius 3 is 2.05 bits per heavy atom. The molecule has 4 saturated carbocycles. The van der Waals surface area contributed by atoms with E-state index >= 15 is 0 Å². The van der Waals surface area contributed by atoms with Gasteiger partial charge < -0.3 is 89.0 Å². The van der Waals surface area contributed by atoms with E-state index in [0.717, 1.165) is 31.1 Å². The number of phenols is 1. The van der Waals surface area contributed by atoms with E-state index in [1.54, 1.807) is 0 Å². The van der Waals surface area contributed by atoms with Gasteiger partial charge >= 0.3 is 11.9 Å². The average Bonchev–Trinajstić information content (AvgIpc) is 3.40. The third-order valence-electron chi connectivity index (χ3n) is 21.2. The van der Waals surface area contributed by atoms with Crippen molar-refractivity contribution in [3.63, 3.8) is 0 Å². The molecule has 0 unspecified atom stereocenters. The maximum atomic E-state index is 14.3. The number of aromatic hydroxyl groups is 1. The highest BCUT2D eigenvalue weighted by atomic mass is 17.2. The highest BCUT2D eigenvalue weighted by Gasteiger charge is 2.72. The summed E-state index contributed by atoms with van der Waals surface area (Å²) < 4.78 is 40.5. The summed E-state index contributed by atoms with van der Waals surface area (Å²) in [6.07, 6.45) is -15.1. The summed E-state index contributed by atoms with van der Waals surface area (Å²) in [5, 5.41) is 108. The Labute approximate surface area is 453 Å². The second-order valence-electron chi connectivity index (χ2n) is 25.5. The number of fused-ring (bicyclic) bond motifs is 7. The van der Waals surface area contributed by atoms with Crippen LogP contribution < -0.4 is 9.47 Å². The Balaban J connectivity index is 0.975. The van der Waals surface area contributed by atoms with E-state index in [2.05, 4.69) is 26.8 Å². The van der Waals surface area contributed by atoms with Gasteiger partial charge in [0.2, 0.25) is 12.0 Å². The van der Waals surface area contributed by atoms with Crippen LogP contribution in [-0.2, 0) is 43.0 Å². The Kier molecular flexibility index (Phi) is 16.1. The Hall–Kier alpha value is -3.59. The number of carboxylic acids is 1. The van der Waals surface area contributed by atoms with E-state index in [1.165, 1.54) is 33.3 Å². The molecule has 0 radical (unpaired) electrons.